The zero-order valence-electron chi connectivity index (χ0n) is 13.9. The van der Waals surface area contributed by atoms with E-state index in [9.17, 15) is 9.18 Å². The van der Waals surface area contributed by atoms with Gasteiger partial charge in [0.15, 0.2) is 5.76 Å². The highest BCUT2D eigenvalue weighted by molar-refractivity contribution is 7.99. The largest absolute Gasteiger partial charge is 0.431 e. The minimum atomic E-state index is -0.305. The number of anilines is 1. The second-order valence-corrected chi connectivity index (χ2v) is 6.58. The lowest BCUT2D eigenvalue weighted by Crippen LogP contribution is -2.14. The van der Waals surface area contributed by atoms with Crippen LogP contribution in [0.5, 0.6) is 0 Å². The average molecular weight is 356 g/mol. The number of nitrogens with zero attached hydrogens (tertiary/aromatic N) is 1. The Hall–Kier alpha value is -2.60. The number of thioether (sulfide) groups is 1. The number of benzene rings is 2. The molecule has 1 aromatic heterocycles. The number of oxazole rings is 1. The van der Waals surface area contributed by atoms with E-state index in [4.69, 9.17) is 4.42 Å². The summed E-state index contributed by atoms with van der Waals surface area (Å²) >= 11 is 1.21. The molecule has 0 unspecified atom stereocenters. The molecule has 1 heterocycles. The fourth-order valence-corrected chi connectivity index (χ4v) is 2.94. The number of halogens is 1. The van der Waals surface area contributed by atoms with Gasteiger partial charge >= 0.3 is 0 Å². The lowest BCUT2D eigenvalue weighted by atomic mass is 10.1. The molecule has 0 bridgehead atoms. The Labute approximate surface area is 149 Å². The van der Waals surface area contributed by atoms with Crippen molar-refractivity contribution in [1.82, 2.24) is 4.98 Å². The smallest absolute Gasteiger partial charge is 0.256 e. The first kappa shape index (κ1) is 17.2. The normalized spacial score (nSPS) is 10.7. The Balaban J connectivity index is 1.58. The molecule has 0 aliphatic rings. The molecule has 0 spiro atoms. The molecule has 4 nitrogen and oxygen atoms in total. The second kappa shape index (κ2) is 7.53. The zero-order valence-corrected chi connectivity index (χ0v) is 14.7. The van der Waals surface area contributed by atoms with Gasteiger partial charge in [-0.1, -0.05) is 29.5 Å². The molecule has 0 saturated carbocycles. The SMILES string of the molecule is Cc1ccc(NC(=O)CSc2ncc(-c3ccc(F)cc3)o2)c(C)c1. The van der Waals surface area contributed by atoms with Crippen molar-refractivity contribution in [2.45, 2.75) is 19.1 Å². The number of carbonyl (C=O) groups excluding carboxylic acids is 1. The van der Waals surface area contributed by atoms with Crippen LogP contribution in [0.2, 0.25) is 0 Å². The number of aromatic nitrogens is 1. The standard InChI is InChI=1S/C19H17FN2O2S/c1-12-3-8-16(13(2)9-12)22-18(23)11-25-19-21-10-17(24-19)14-4-6-15(20)7-5-14/h3-10H,11H2,1-2H3,(H,22,23). The molecule has 3 aromatic rings. The molecule has 3 rings (SSSR count). The van der Waals surface area contributed by atoms with Crippen LogP contribution in [0.25, 0.3) is 11.3 Å². The van der Waals surface area contributed by atoms with Crippen molar-refractivity contribution in [2.24, 2.45) is 0 Å². The lowest BCUT2D eigenvalue weighted by Gasteiger charge is -2.08. The zero-order chi connectivity index (χ0) is 17.8. The first-order chi connectivity index (χ1) is 12.0. The molecule has 25 heavy (non-hydrogen) atoms. The number of amides is 1. The summed E-state index contributed by atoms with van der Waals surface area (Å²) in [6.45, 7) is 3.97. The quantitative estimate of drug-likeness (QED) is 0.666. The number of carbonyl (C=O) groups is 1. The summed E-state index contributed by atoms with van der Waals surface area (Å²) < 4.78 is 18.6. The minimum Gasteiger partial charge on any atom is -0.431 e. The van der Waals surface area contributed by atoms with Crippen LogP contribution in [-0.4, -0.2) is 16.6 Å². The van der Waals surface area contributed by atoms with Crippen LogP contribution in [0.15, 0.2) is 58.3 Å². The van der Waals surface area contributed by atoms with E-state index >= 15 is 0 Å². The number of aryl methyl sites for hydroxylation is 2. The number of nitrogens with one attached hydrogen (secondary N) is 1. The van der Waals surface area contributed by atoms with Gasteiger partial charge < -0.3 is 9.73 Å². The van der Waals surface area contributed by atoms with Crippen LogP contribution in [-0.2, 0) is 4.79 Å². The van der Waals surface area contributed by atoms with Gasteiger partial charge in [0.05, 0.1) is 11.9 Å². The van der Waals surface area contributed by atoms with Gasteiger partial charge in [-0.25, -0.2) is 9.37 Å². The van der Waals surface area contributed by atoms with Crippen molar-refractivity contribution in [2.75, 3.05) is 11.1 Å². The highest BCUT2D eigenvalue weighted by atomic mass is 32.2. The van der Waals surface area contributed by atoms with E-state index in [-0.39, 0.29) is 17.5 Å². The predicted molar refractivity (Wildman–Crippen MR) is 97.2 cm³/mol. The summed E-state index contributed by atoms with van der Waals surface area (Å²) in [5.74, 6) is 0.299. The van der Waals surface area contributed by atoms with Gasteiger partial charge in [0, 0.05) is 11.3 Å². The van der Waals surface area contributed by atoms with Gasteiger partial charge in [0.25, 0.3) is 5.22 Å². The van der Waals surface area contributed by atoms with Crippen LogP contribution in [0.4, 0.5) is 10.1 Å². The van der Waals surface area contributed by atoms with Crippen LogP contribution < -0.4 is 5.32 Å². The van der Waals surface area contributed by atoms with Crippen LogP contribution in [0.3, 0.4) is 0 Å². The topological polar surface area (TPSA) is 55.1 Å². The summed E-state index contributed by atoms with van der Waals surface area (Å²) in [5.41, 5.74) is 3.71. The molecule has 1 N–H and O–H groups in total. The minimum absolute atomic E-state index is 0.126. The van der Waals surface area contributed by atoms with E-state index in [0.29, 0.717) is 11.0 Å². The molecule has 6 heteroatoms. The molecular weight excluding hydrogens is 339 g/mol. The summed E-state index contributed by atoms with van der Waals surface area (Å²) in [6, 6.07) is 11.8. The van der Waals surface area contributed by atoms with Crippen molar-refractivity contribution in [3.63, 3.8) is 0 Å². The predicted octanol–water partition coefficient (Wildman–Crippen LogP) is 4.83. The van der Waals surface area contributed by atoms with Crippen molar-refractivity contribution in [3.05, 3.63) is 65.6 Å². The van der Waals surface area contributed by atoms with Crippen molar-refractivity contribution < 1.29 is 13.6 Å². The number of hydrogen-bond donors (Lipinski definition) is 1. The van der Waals surface area contributed by atoms with Gasteiger partial charge in [-0.3, -0.25) is 4.79 Å². The first-order valence-corrected chi connectivity index (χ1v) is 8.71. The molecule has 0 fully saturated rings. The fourth-order valence-electron chi connectivity index (χ4n) is 2.34. The van der Waals surface area contributed by atoms with Gasteiger partial charge in [0.2, 0.25) is 5.91 Å². The maximum absolute atomic E-state index is 13.0. The first-order valence-electron chi connectivity index (χ1n) is 7.73. The highest BCUT2D eigenvalue weighted by Crippen LogP contribution is 2.26. The van der Waals surface area contributed by atoms with Crippen LogP contribution in [0, 0.1) is 19.7 Å². The monoisotopic (exact) mass is 356 g/mol. The van der Waals surface area contributed by atoms with Crippen LogP contribution >= 0.6 is 11.8 Å². The third-order valence-electron chi connectivity index (χ3n) is 3.60. The third kappa shape index (κ3) is 4.48. The van der Waals surface area contributed by atoms with Gasteiger partial charge in [-0.05, 0) is 49.7 Å². The summed E-state index contributed by atoms with van der Waals surface area (Å²) in [7, 11) is 0. The van der Waals surface area contributed by atoms with E-state index < -0.39 is 0 Å². The Morgan fingerprint density at radius 3 is 2.68 bits per heavy atom. The number of rotatable bonds is 5. The third-order valence-corrected chi connectivity index (χ3v) is 4.44. The summed E-state index contributed by atoms with van der Waals surface area (Å²) in [5, 5.41) is 3.28. The molecule has 0 radical (unpaired) electrons. The van der Waals surface area contributed by atoms with E-state index in [1.165, 1.54) is 23.9 Å². The molecule has 0 saturated heterocycles. The lowest BCUT2D eigenvalue weighted by molar-refractivity contribution is -0.113. The molecule has 0 atom stereocenters. The van der Waals surface area contributed by atoms with Crippen molar-refractivity contribution >= 4 is 23.4 Å². The fraction of sp³-hybridized carbons (Fsp3) is 0.158. The van der Waals surface area contributed by atoms with Crippen molar-refractivity contribution in [1.29, 1.82) is 0 Å². The van der Waals surface area contributed by atoms with E-state index in [0.717, 1.165) is 22.4 Å². The molecule has 1 amide bonds. The summed E-state index contributed by atoms with van der Waals surface area (Å²) in [6.07, 6.45) is 1.57. The Morgan fingerprint density at radius 1 is 1.20 bits per heavy atom. The Bertz CT molecular complexity index is 891. The van der Waals surface area contributed by atoms with Crippen molar-refractivity contribution in [3.8, 4) is 11.3 Å². The molecule has 0 aliphatic carbocycles. The number of hydrogen-bond acceptors (Lipinski definition) is 4. The maximum atomic E-state index is 13.0. The molecular formula is C19H17FN2O2S. The Morgan fingerprint density at radius 2 is 1.96 bits per heavy atom. The average Bonchev–Trinajstić information content (AvgIpc) is 3.05. The van der Waals surface area contributed by atoms with E-state index in [2.05, 4.69) is 10.3 Å². The molecule has 128 valence electrons. The Kier molecular flexibility index (Phi) is 5.19. The van der Waals surface area contributed by atoms with Gasteiger partial charge in [-0.15, -0.1) is 0 Å². The van der Waals surface area contributed by atoms with Gasteiger partial charge in [0.1, 0.15) is 5.82 Å². The van der Waals surface area contributed by atoms with Crippen LogP contribution in [0.1, 0.15) is 11.1 Å². The molecule has 0 aliphatic heterocycles. The van der Waals surface area contributed by atoms with E-state index in [1.807, 2.05) is 32.0 Å². The maximum Gasteiger partial charge on any atom is 0.256 e. The second-order valence-electron chi connectivity index (χ2n) is 5.65. The summed E-state index contributed by atoms with van der Waals surface area (Å²) in [4.78, 5) is 16.2. The van der Waals surface area contributed by atoms with E-state index in [1.54, 1.807) is 18.3 Å². The van der Waals surface area contributed by atoms with Gasteiger partial charge in [-0.2, -0.15) is 0 Å². The molecule has 2 aromatic carbocycles. The highest BCUT2D eigenvalue weighted by Gasteiger charge is 2.11.